The molecule has 0 radical (unpaired) electrons. The van der Waals surface area contributed by atoms with Crippen LogP contribution in [-0.4, -0.2) is 33.4 Å². The predicted molar refractivity (Wildman–Crippen MR) is 123 cm³/mol. The average Bonchev–Trinajstić information content (AvgIpc) is 2.72. The summed E-state index contributed by atoms with van der Waals surface area (Å²) >= 11 is 6.03. The molecule has 1 aromatic heterocycles. The third-order valence-electron chi connectivity index (χ3n) is 5.00. The number of Topliss-reactive ketones (excluding diaryl/α,β-unsaturated/α-hetero) is 1. The van der Waals surface area contributed by atoms with Crippen molar-refractivity contribution < 1.29 is 4.79 Å². The van der Waals surface area contributed by atoms with Gasteiger partial charge >= 0.3 is 5.69 Å². The first-order valence-electron chi connectivity index (χ1n) is 9.95. The van der Waals surface area contributed by atoms with Crippen LogP contribution in [0.25, 0.3) is 0 Å². The van der Waals surface area contributed by atoms with E-state index in [1.165, 1.54) is 4.57 Å². The number of likely N-dealkylation sites (N-methyl/N-ethyl adjacent to an activating group) is 1. The van der Waals surface area contributed by atoms with Gasteiger partial charge in [0.15, 0.2) is 5.78 Å². The molecule has 0 aliphatic carbocycles. The second-order valence-corrected chi connectivity index (χ2v) is 7.83. The third kappa shape index (κ3) is 5.13. The van der Waals surface area contributed by atoms with Crippen LogP contribution in [0.2, 0.25) is 5.02 Å². The zero-order valence-electron chi connectivity index (χ0n) is 17.5. The molecule has 0 spiro atoms. The van der Waals surface area contributed by atoms with E-state index in [0.29, 0.717) is 11.6 Å². The molecular weight excluding hydrogens is 416 g/mol. The maximum atomic E-state index is 13.1. The van der Waals surface area contributed by atoms with E-state index < -0.39 is 17.0 Å². The Morgan fingerprint density at radius 2 is 1.71 bits per heavy atom. The molecule has 1 heterocycles. The van der Waals surface area contributed by atoms with Crippen molar-refractivity contribution in [2.24, 2.45) is 0 Å². The minimum Gasteiger partial charge on any atom is -0.384 e. The van der Waals surface area contributed by atoms with Crippen molar-refractivity contribution >= 4 is 23.2 Å². The zero-order chi connectivity index (χ0) is 22.5. The van der Waals surface area contributed by atoms with Crippen molar-refractivity contribution in [3.8, 4) is 0 Å². The fourth-order valence-electron chi connectivity index (χ4n) is 3.50. The molecule has 7 nitrogen and oxygen atoms in total. The summed E-state index contributed by atoms with van der Waals surface area (Å²) in [4.78, 5) is 40.5. The fourth-order valence-corrected chi connectivity index (χ4v) is 3.71. The fraction of sp³-hybridized carbons (Fsp3) is 0.261. The van der Waals surface area contributed by atoms with Gasteiger partial charge in [-0.1, -0.05) is 54.1 Å². The second kappa shape index (κ2) is 9.76. The smallest absolute Gasteiger partial charge is 0.332 e. The van der Waals surface area contributed by atoms with Crippen LogP contribution in [0, 0.1) is 0 Å². The summed E-state index contributed by atoms with van der Waals surface area (Å²) in [5.41, 5.74) is 6.64. The predicted octanol–water partition coefficient (Wildman–Crippen LogP) is 2.63. The summed E-state index contributed by atoms with van der Waals surface area (Å²) in [5.74, 6) is -0.541. The summed E-state index contributed by atoms with van der Waals surface area (Å²) in [5, 5.41) is 0.611. The van der Waals surface area contributed by atoms with Crippen LogP contribution in [0.5, 0.6) is 0 Å². The third-order valence-corrected chi connectivity index (χ3v) is 5.24. The number of anilines is 1. The Morgan fingerprint density at radius 3 is 2.35 bits per heavy atom. The van der Waals surface area contributed by atoms with Gasteiger partial charge in [0.1, 0.15) is 11.4 Å². The van der Waals surface area contributed by atoms with Gasteiger partial charge in [0.25, 0.3) is 5.56 Å². The van der Waals surface area contributed by atoms with E-state index >= 15 is 0 Å². The molecule has 0 bridgehead atoms. The molecule has 0 fully saturated rings. The molecular formula is C23H25ClN4O3. The first kappa shape index (κ1) is 22.5. The van der Waals surface area contributed by atoms with E-state index in [-0.39, 0.29) is 31.0 Å². The Bertz CT molecular complexity index is 1200. The molecule has 3 aromatic rings. The second-order valence-electron chi connectivity index (χ2n) is 7.39. The molecule has 162 valence electrons. The lowest BCUT2D eigenvalue weighted by molar-refractivity contribution is 0.0941. The van der Waals surface area contributed by atoms with Crippen molar-refractivity contribution in [3.63, 3.8) is 0 Å². The molecule has 0 aliphatic rings. The van der Waals surface area contributed by atoms with Gasteiger partial charge in [-0.2, -0.15) is 0 Å². The lowest BCUT2D eigenvalue weighted by Crippen LogP contribution is -2.45. The monoisotopic (exact) mass is 440 g/mol. The molecule has 3 rings (SSSR count). The number of ketones is 1. The number of hydrogen-bond donors (Lipinski definition) is 1. The first-order valence-corrected chi connectivity index (χ1v) is 10.3. The minimum absolute atomic E-state index is 0.0286. The summed E-state index contributed by atoms with van der Waals surface area (Å²) in [6.45, 7) is 2.44. The number of aromatic nitrogens is 2. The van der Waals surface area contributed by atoms with Gasteiger partial charge in [-0.3, -0.25) is 23.6 Å². The topological polar surface area (TPSA) is 90.3 Å². The van der Waals surface area contributed by atoms with Gasteiger partial charge in [0, 0.05) is 18.1 Å². The van der Waals surface area contributed by atoms with Gasteiger partial charge in [-0.25, -0.2) is 4.79 Å². The summed E-state index contributed by atoms with van der Waals surface area (Å²) in [6.07, 6.45) is 0. The van der Waals surface area contributed by atoms with Crippen LogP contribution in [0.15, 0.2) is 64.2 Å². The summed E-state index contributed by atoms with van der Waals surface area (Å²) in [7, 11) is 1.77. The molecule has 0 atom stereocenters. The standard InChI is InChI=1S/C23H25ClN4O3/c1-3-27-22(30)20(19(29)15-26(2)13-17-10-7-11-18(24)12-17)21(25)28(23(27)31)14-16-8-5-4-6-9-16/h4-12H,3,13-15,25H2,1-2H3. The molecule has 0 amide bonds. The molecule has 2 N–H and O–H groups in total. The van der Waals surface area contributed by atoms with E-state index in [1.807, 2.05) is 48.5 Å². The molecule has 0 saturated carbocycles. The van der Waals surface area contributed by atoms with Crippen molar-refractivity contribution in [3.05, 3.63) is 97.1 Å². The van der Waals surface area contributed by atoms with E-state index in [4.69, 9.17) is 17.3 Å². The van der Waals surface area contributed by atoms with Gasteiger partial charge in [0.05, 0.1) is 13.1 Å². The molecule has 0 unspecified atom stereocenters. The van der Waals surface area contributed by atoms with E-state index in [1.54, 1.807) is 24.9 Å². The van der Waals surface area contributed by atoms with Crippen LogP contribution >= 0.6 is 11.6 Å². The maximum absolute atomic E-state index is 13.1. The highest BCUT2D eigenvalue weighted by atomic mass is 35.5. The number of carbonyl (C=O) groups is 1. The lowest BCUT2D eigenvalue weighted by Gasteiger charge is -2.19. The van der Waals surface area contributed by atoms with Crippen LogP contribution < -0.4 is 17.0 Å². The summed E-state index contributed by atoms with van der Waals surface area (Å²) in [6, 6.07) is 16.6. The molecule has 2 aromatic carbocycles. The van der Waals surface area contributed by atoms with Crippen LogP contribution in [0.4, 0.5) is 5.82 Å². The molecule has 0 saturated heterocycles. The Labute approximate surface area is 185 Å². The minimum atomic E-state index is -0.657. The van der Waals surface area contributed by atoms with Gasteiger partial charge in [-0.05, 0) is 37.2 Å². The number of benzene rings is 2. The lowest BCUT2D eigenvalue weighted by atomic mass is 10.1. The SMILES string of the molecule is CCn1c(=O)c(C(=O)CN(C)Cc2cccc(Cl)c2)c(N)n(Cc2ccccc2)c1=O. The van der Waals surface area contributed by atoms with Gasteiger partial charge in [0.2, 0.25) is 0 Å². The van der Waals surface area contributed by atoms with Crippen LogP contribution in [0.1, 0.15) is 28.4 Å². The normalized spacial score (nSPS) is 11.1. The summed E-state index contributed by atoms with van der Waals surface area (Å²) < 4.78 is 2.33. The van der Waals surface area contributed by atoms with E-state index in [9.17, 15) is 14.4 Å². The highest BCUT2D eigenvalue weighted by Gasteiger charge is 2.23. The number of nitrogens with zero attached hydrogens (tertiary/aromatic N) is 3. The molecule has 31 heavy (non-hydrogen) atoms. The Hall–Kier alpha value is -3.16. The number of rotatable bonds is 8. The zero-order valence-corrected chi connectivity index (χ0v) is 18.3. The molecule has 8 heteroatoms. The number of carbonyl (C=O) groups excluding carboxylic acids is 1. The van der Waals surface area contributed by atoms with Crippen LogP contribution in [0.3, 0.4) is 0 Å². The molecule has 0 aliphatic heterocycles. The number of halogens is 1. The van der Waals surface area contributed by atoms with Crippen molar-refractivity contribution in [1.29, 1.82) is 0 Å². The van der Waals surface area contributed by atoms with E-state index in [0.717, 1.165) is 15.7 Å². The largest absolute Gasteiger partial charge is 0.384 e. The Morgan fingerprint density at radius 1 is 1.03 bits per heavy atom. The van der Waals surface area contributed by atoms with Gasteiger partial charge < -0.3 is 5.73 Å². The average molecular weight is 441 g/mol. The number of nitrogens with two attached hydrogens (primary N) is 1. The van der Waals surface area contributed by atoms with E-state index in [2.05, 4.69) is 0 Å². The van der Waals surface area contributed by atoms with Crippen LogP contribution in [-0.2, 0) is 19.6 Å². The van der Waals surface area contributed by atoms with Gasteiger partial charge in [-0.15, -0.1) is 0 Å². The quantitative estimate of drug-likeness (QED) is 0.544. The first-order chi connectivity index (χ1) is 14.8. The number of nitrogen functional groups attached to an aromatic ring is 1. The van der Waals surface area contributed by atoms with Crippen molar-refractivity contribution in [2.45, 2.75) is 26.6 Å². The highest BCUT2D eigenvalue weighted by molar-refractivity contribution is 6.30. The Balaban J connectivity index is 1.93. The maximum Gasteiger partial charge on any atom is 0.332 e. The highest BCUT2D eigenvalue weighted by Crippen LogP contribution is 2.14. The Kier molecular flexibility index (Phi) is 7.09. The number of hydrogen-bond acceptors (Lipinski definition) is 5. The van der Waals surface area contributed by atoms with Crippen molar-refractivity contribution in [1.82, 2.24) is 14.0 Å². The van der Waals surface area contributed by atoms with Crippen molar-refractivity contribution in [2.75, 3.05) is 19.3 Å².